The molecule has 1 aliphatic rings. The first-order chi connectivity index (χ1) is 17.4. The minimum absolute atomic E-state index is 0.0979. The van der Waals surface area contributed by atoms with Crippen LogP contribution in [0.1, 0.15) is 41.4 Å². The molecule has 1 heterocycles. The lowest BCUT2D eigenvalue weighted by atomic mass is 9.99. The van der Waals surface area contributed by atoms with Crippen LogP contribution in [0.3, 0.4) is 0 Å². The highest BCUT2D eigenvalue weighted by Crippen LogP contribution is 2.41. The molecule has 2 amide bonds. The van der Waals surface area contributed by atoms with Gasteiger partial charge in [-0.1, -0.05) is 48.5 Å². The van der Waals surface area contributed by atoms with Crippen molar-refractivity contribution in [2.45, 2.75) is 0 Å². The Morgan fingerprint density at radius 2 is 0.778 bits per heavy atom. The SMILES string of the molecule is O=C(O)c1ccccc1N1C(=O)c2ccccc2N(c2ccccc2C(=O)O)C(=O)c2ccccc21. The monoisotopic (exact) mass is 478 g/mol. The first-order valence-corrected chi connectivity index (χ1v) is 10.9. The largest absolute Gasteiger partial charge is 0.478 e. The van der Waals surface area contributed by atoms with Crippen molar-refractivity contribution in [2.75, 3.05) is 9.80 Å². The topological polar surface area (TPSA) is 115 Å². The van der Waals surface area contributed by atoms with Crippen LogP contribution in [0.25, 0.3) is 0 Å². The third-order valence-corrected chi connectivity index (χ3v) is 5.91. The number of benzene rings is 4. The van der Waals surface area contributed by atoms with Crippen molar-refractivity contribution in [3.63, 3.8) is 0 Å². The van der Waals surface area contributed by atoms with E-state index in [1.807, 2.05) is 0 Å². The van der Waals surface area contributed by atoms with Crippen molar-refractivity contribution < 1.29 is 29.4 Å². The number of amides is 2. The van der Waals surface area contributed by atoms with Crippen LogP contribution in [-0.4, -0.2) is 34.0 Å². The van der Waals surface area contributed by atoms with Gasteiger partial charge in [-0.05, 0) is 48.5 Å². The van der Waals surface area contributed by atoms with E-state index in [0.29, 0.717) is 0 Å². The fourth-order valence-electron chi connectivity index (χ4n) is 4.34. The van der Waals surface area contributed by atoms with Crippen molar-refractivity contribution in [1.29, 1.82) is 0 Å². The normalized spacial score (nSPS) is 12.9. The molecule has 2 N–H and O–H groups in total. The summed E-state index contributed by atoms with van der Waals surface area (Å²) in [6.07, 6.45) is 0. The zero-order chi connectivity index (χ0) is 25.4. The Bertz CT molecular complexity index is 1440. The van der Waals surface area contributed by atoms with Gasteiger partial charge in [-0.25, -0.2) is 9.59 Å². The molecule has 1 aliphatic heterocycles. The van der Waals surface area contributed by atoms with E-state index in [9.17, 15) is 29.4 Å². The van der Waals surface area contributed by atoms with Gasteiger partial charge in [0.05, 0.1) is 45.0 Å². The molecule has 0 spiro atoms. The first kappa shape index (κ1) is 22.5. The van der Waals surface area contributed by atoms with Gasteiger partial charge < -0.3 is 10.2 Å². The number of anilines is 4. The molecule has 0 saturated heterocycles. The summed E-state index contributed by atoms with van der Waals surface area (Å²) in [6.45, 7) is 0. The maximum absolute atomic E-state index is 14.1. The third kappa shape index (κ3) is 3.57. The van der Waals surface area contributed by atoms with Crippen LogP contribution in [-0.2, 0) is 0 Å². The molecular formula is C28H18N2O6. The van der Waals surface area contributed by atoms with Gasteiger partial charge in [-0.3, -0.25) is 19.4 Å². The van der Waals surface area contributed by atoms with Crippen molar-refractivity contribution in [2.24, 2.45) is 0 Å². The number of nitrogens with zero attached hydrogens (tertiary/aromatic N) is 2. The second kappa shape index (κ2) is 8.84. The quantitative estimate of drug-likeness (QED) is 0.408. The maximum atomic E-state index is 14.1. The van der Waals surface area contributed by atoms with Gasteiger partial charge in [0, 0.05) is 0 Å². The van der Waals surface area contributed by atoms with Crippen LogP contribution < -0.4 is 9.80 Å². The summed E-state index contributed by atoms with van der Waals surface area (Å²) < 4.78 is 0. The predicted molar refractivity (Wildman–Crippen MR) is 133 cm³/mol. The van der Waals surface area contributed by atoms with E-state index in [1.165, 1.54) is 46.2 Å². The molecule has 176 valence electrons. The zero-order valence-electron chi connectivity index (χ0n) is 18.7. The average molecular weight is 478 g/mol. The minimum atomic E-state index is -1.23. The molecule has 0 unspecified atom stereocenters. The highest BCUT2D eigenvalue weighted by atomic mass is 16.4. The minimum Gasteiger partial charge on any atom is -0.478 e. The molecule has 4 aromatic carbocycles. The van der Waals surface area contributed by atoms with Crippen LogP contribution in [0.4, 0.5) is 22.7 Å². The lowest BCUT2D eigenvalue weighted by Crippen LogP contribution is -2.37. The summed E-state index contributed by atoms with van der Waals surface area (Å²) in [5, 5.41) is 19.6. The first-order valence-electron chi connectivity index (χ1n) is 10.9. The van der Waals surface area contributed by atoms with Gasteiger partial charge in [-0.2, -0.15) is 0 Å². The molecule has 4 aromatic rings. The molecule has 0 radical (unpaired) electrons. The van der Waals surface area contributed by atoms with Crippen LogP contribution in [0.5, 0.6) is 0 Å². The average Bonchev–Trinajstić information content (AvgIpc) is 2.89. The summed E-state index contributed by atoms with van der Waals surface area (Å²) in [6, 6.07) is 24.8. The number of carbonyl (C=O) groups excluding carboxylic acids is 2. The second-order valence-electron chi connectivity index (χ2n) is 7.96. The predicted octanol–water partition coefficient (Wildman–Crippen LogP) is 5.35. The van der Waals surface area contributed by atoms with Crippen LogP contribution in [0, 0.1) is 0 Å². The highest BCUT2D eigenvalue weighted by molar-refractivity contribution is 6.25. The standard InChI is InChI=1S/C28H18N2O6/c31-25-17-9-1-5-13-21(17)29(23-15-7-3-11-19(23)27(33)34)26(32)18-10-2-6-14-22(18)30(25)24-16-8-4-12-20(24)28(35)36/h1-16H,(H,33,34)(H,35,36). The fraction of sp³-hybridized carbons (Fsp3) is 0. The molecule has 0 aliphatic carbocycles. The van der Waals surface area contributed by atoms with Gasteiger partial charge in [0.25, 0.3) is 11.8 Å². The van der Waals surface area contributed by atoms with Crippen LogP contribution in [0.15, 0.2) is 97.1 Å². The Balaban J connectivity index is 1.85. The molecule has 8 heteroatoms. The van der Waals surface area contributed by atoms with Crippen molar-refractivity contribution >= 4 is 46.5 Å². The molecule has 8 nitrogen and oxygen atoms in total. The molecule has 0 atom stereocenters. The van der Waals surface area contributed by atoms with E-state index >= 15 is 0 Å². The lowest BCUT2D eigenvalue weighted by Gasteiger charge is -2.34. The summed E-state index contributed by atoms with van der Waals surface area (Å²) >= 11 is 0. The molecule has 0 aromatic heterocycles. The smallest absolute Gasteiger partial charge is 0.337 e. The summed E-state index contributed by atoms with van der Waals surface area (Å²) in [5.41, 5.74) is 0.524. The Hall–Kier alpha value is -5.24. The van der Waals surface area contributed by atoms with Gasteiger partial charge in [0.1, 0.15) is 0 Å². The fourth-order valence-corrected chi connectivity index (χ4v) is 4.34. The second-order valence-corrected chi connectivity index (χ2v) is 7.96. The maximum Gasteiger partial charge on any atom is 0.337 e. The van der Waals surface area contributed by atoms with Crippen LogP contribution in [0.2, 0.25) is 0 Å². The number of carbonyl (C=O) groups is 4. The number of carboxylic acids is 2. The Labute approximate surface area is 205 Å². The Kier molecular flexibility index (Phi) is 5.54. The summed E-state index contributed by atoms with van der Waals surface area (Å²) in [7, 11) is 0. The summed E-state index contributed by atoms with van der Waals surface area (Å²) in [4.78, 5) is 54.7. The van der Waals surface area contributed by atoms with E-state index in [2.05, 4.69) is 0 Å². The van der Waals surface area contributed by atoms with Crippen molar-refractivity contribution in [3.8, 4) is 0 Å². The number of rotatable bonds is 4. The Morgan fingerprint density at radius 1 is 0.472 bits per heavy atom. The molecule has 0 saturated carbocycles. The lowest BCUT2D eigenvalue weighted by molar-refractivity contribution is 0.0686. The molecular weight excluding hydrogens is 460 g/mol. The highest BCUT2D eigenvalue weighted by Gasteiger charge is 2.36. The molecule has 0 bridgehead atoms. The Morgan fingerprint density at radius 3 is 1.14 bits per heavy atom. The number of hydrogen-bond acceptors (Lipinski definition) is 4. The van der Waals surface area contributed by atoms with E-state index in [1.54, 1.807) is 60.7 Å². The zero-order valence-corrected chi connectivity index (χ0v) is 18.7. The number of fused-ring (bicyclic) bond motifs is 2. The number of aromatic carboxylic acids is 2. The number of hydrogen-bond donors (Lipinski definition) is 2. The molecule has 0 fully saturated rings. The summed E-state index contributed by atoms with van der Waals surface area (Å²) in [5.74, 6) is -3.60. The van der Waals surface area contributed by atoms with Gasteiger partial charge in [0.2, 0.25) is 0 Å². The molecule has 5 rings (SSSR count). The van der Waals surface area contributed by atoms with Gasteiger partial charge >= 0.3 is 11.9 Å². The number of para-hydroxylation sites is 4. The van der Waals surface area contributed by atoms with Crippen molar-refractivity contribution in [3.05, 3.63) is 119 Å². The van der Waals surface area contributed by atoms with Crippen LogP contribution >= 0.6 is 0 Å². The molecule has 36 heavy (non-hydrogen) atoms. The van der Waals surface area contributed by atoms with E-state index in [0.717, 1.165) is 0 Å². The van der Waals surface area contributed by atoms with E-state index in [4.69, 9.17) is 0 Å². The van der Waals surface area contributed by atoms with Crippen molar-refractivity contribution in [1.82, 2.24) is 0 Å². The van der Waals surface area contributed by atoms with Gasteiger partial charge in [-0.15, -0.1) is 0 Å². The van der Waals surface area contributed by atoms with Gasteiger partial charge in [0.15, 0.2) is 0 Å². The van der Waals surface area contributed by atoms with E-state index < -0.39 is 23.8 Å². The third-order valence-electron chi connectivity index (χ3n) is 5.91. The number of carboxylic acid groups (broad SMARTS) is 2. The van der Waals surface area contributed by atoms with E-state index in [-0.39, 0.29) is 45.0 Å².